The molecule has 2 aromatic rings. The molecule has 4 nitrogen and oxygen atoms in total. The Balaban J connectivity index is 1.98. The quantitative estimate of drug-likeness (QED) is 0.877. The fourth-order valence-corrected chi connectivity index (χ4v) is 2.30. The molecule has 1 aliphatic rings. The number of carbonyl (C=O) groups is 1. The Morgan fingerprint density at radius 1 is 1.22 bits per heavy atom. The van der Waals surface area contributed by atoms with Crippen LogP contribution in [0.15, 0.2) is 53.2 Å². The summed E-state index contributed by atoms with van der Waals surface area (Å²) in [6.45, 7) is 0. The van der Waals surface area contributed by atoms with Crippen molar-refractivity contribution in [1.82, 2.24) is 5.32 Å². The predicted octanol–water partition coefficient (Wildman–Crippen LogP) is 3.41. The SMILES string of the molecule is COc1ccc(F)cc1/C=C1/N=C(c2ccc(Cl)cc2)NC1=O. The molecule has 0 spiro atoms. The Hall–Kier alpha value is -2.66. The minimum atomic E-state index is -0.419. The van der Waals surface area contributed by atoms with Crippen LogP contribution in [0.3, 0.4) is 0 Å². The van der Waals surface area contributed by atoms with Gasteiger partial charge in [0.05, 0.1) is 7.11 Å². The van der Waals surface area contributed by atoms with Crippen LogP contribution in [0.2, 0.25) is 5.02 Å². The molecule has 0 fully saturated rings. The summed E-state index contributed by atoms with van der Waals surface area (Å²) in [6.07, 6.45) is 1.49. The molecule has 1 N–H and O–H groups in total. The molecule has 0 saturated carbocycles. The Labute approximate surface area is 137 Å². The second kappa shape index (κ2) is 6.22. The van der Waals surface area contributed by atoms with Gasteiger partial charge in [0.1, 0.15) is 23.1 Å². The molecule has 23 heavy (non-hydrogen) atoms. The first-order chi connectivity index (χ1) is 11.1. The number of hydrogen-bond acceptors (Lipinski definition) is 3. The molecule has 0 aromatic heterocycles. The summed E-state index contributed by atoms with van der Waals surface area (Å²) >= 11 is 5.84. The van der Waals surface area contributed by atoms with Crippen LogP contribution in [0.5, 0.6) is 5.75 Å². The Kier molecular flexibility index (Phi) is 4.12. The van der Waals surface area contributed by atoms with Crippen LogP contribution in [0.25, 0.3) is 6.08 Å². The third kappa shape index (κ3) is 3.24. The molecule has 0 saturated heterocycles. The summed E-state index contributed by atoms with van der Waals surface area (Å²) in [4.78, 5) is 16.3. The summed E-state index contributed by atoms with van der Waals surface area (Å²) in [5.74, 6) is 0.106. The van der Waals surface area contributed by atoms with Crippen molar-refractivity contribution in [2.45, 2.75) is 0 Å². The fraction of sp³-hybridized carbons (Fsp3) is 0.0588. The zero-order valence-corrected chi connectivity index (χ0v) is 12.9. The van der Waals surface area contributed by atoms with Crippen molar-refractivity contribution in [2.75, 3.05) is 7.11 Å². The average molecular weight is 331 g/mol. The van der Waals surface area contributed by atoms with Gasteiger partial charge in [-0.1, -0.05) is 11.6 Å². The van der Waals surface area contributed by atoms with E-state index in [1.807, 2.05) is 0 Å². The van der Waals surface area contributed by atoms with Gasteiger partial charge in [0, 0.05) is 16.1 Å². The van der Waals surface area contributed by atoms with E-state index in [2.05, 4.69) is 10.3 Å². The Morgan fingerprint density at radius 3 is 2.65 bits per heavy atom. The number of amidine groups is 1. The molecule has 0 bridgehead atoms. The van der Waals surface area contributed by atoms with Crippen LogP contribution in [0.1, 0.15) is 11.1 Å². The number of methoxy groups -OCH3 is 1. The van der Waals surface area contributed by atoms with Gasteiger partial charge in [-0.15, -0.1) is 0 Å². The maximum Gasteiger partial charge on any atom is 0.275 e. The molecule has 2 aromatic carbocycles. The number of halogens is 2. The van der Waals surface area contributed by atoms with Crippen molar-refractivity contribution < 1.29 is 13.9 Å². The van der Waals surface area contributed by atoms with Gasteiger partial charge in [-0.3, -0.25) is 4.79 Å². The van der Waals surface area contributed by atoms with Gasteiger partial charge < -0.3 is 10.1 Å². The minimum Gasteiger partial charge on any atom is -0.496 e. The average Bonchev–Trinajstić information content (AvgIpc) is 2.89. The highest BCUT2D eigenvalue weighted by atomic mass is 35.5. The number of aliphatic imine (C=N–C) groups is 1. The van der Waals surface area contributed by atoms with Crippen LogP contribution >= 0.6 is 11.6 Å². The van der Waals surface area contributed by atoms with E-state index in [-0.39, 0.29) is 11.6 Å². The molecule has 0 unspecified atom stereocenters. The third-order valence-electron chi connectivity index (χ3n) is 3.30. The summed E-state index contributed by atoms with van der Waals surface area (Å²) in [6, 6.07) is 11.0. The molecule has 1 aliphatic heterocycles. The fourth-order valence-electron chi connectivity index (χ4n) is 2.18. The smallest absolute Gasteiger partial charge is 0.275 e. The van der Waals surface area contributed by atoms with Crippen molar-refractivity contribution in [3.8, 4) is 5.75 Å². The summed E-state index contributed by atoms with van der Waals surface area (Å²) in [5.41, 5.74) is 1.36. The number of nitrogens with one attached hydrogen (secondary N) is 1. The highest BCUT2D eigenvalue weighted by Gasteiger charge is 2.21. The van der Waals surface area contributed by atoms with E-state index in [9.17, 15) is 9.18 Å². The van der Waals surface area contributed by atoms with Crippen molar-refractivity contribution in [1.29, 1.82) is 0 Å². The van der Waals surface area contributed by atoms with Crippen molar-refractivity contribution in [3.05, 3.63) is 70.1 Å². The van der Waals surface area contributed by atoms with E-state index in [4.69, 9.17) is 16.3 Å². The standard InChI is InChI=1S/C17H12ClFN2O2/c1-23-15-7-6-13(19)8-11(15)9-14-17(22)21-16(20-14)10-2-4-12(18)5-3-10/h2-9H,1H3,(H,20,21,22)/b14-9+. The molecule has 1 amide bonds. The number of nitrogens with zero attached hydrogens (tertiary/aromatic N) is 1. The van der Waals surface area contributed by atoms with E-state index < -0.39 is 5.82 Å². The monoisotopic (exact) mass is 330 g/mol. The molecule has 116 valence electrons. The third-order valence-corrected chi connectivity index (χ3v) is 3.55. The van der Waals surface area contributed by atoms with Gasteiger partial charge in [-0.25, -0.2) is 9.38 Å². The first-order valence-electron chi connectivity index (χ1n) is 6.78. The largest absolute Gasteiger partial charge is 0.496 e. The lowest BCUT2D eigenvalue weighted by atomic mass is 10.1. The van der Waals surface area contributed by atoms with E-state index >= 15 is 0 Å². The van der Waals surface area contributed by atoms with Crippen LogP contribution in [-0.4, -0.2) is 18.9 Å². The normalized spacial score (nSPS) is 15.5. The van der Waals surface area contributed by atoms with Crippen molar-refractivity contribution in [3.63, 3.8) is 0 Å². The zero-order chi connectivity index (χ0) is 16.4. The molecular formula is C17H12ClFN2O2. The van der Waals surface area contributed by atoms with Crippen LogP contribution in [0, 0.1) is 5.82 Å². The lowest BCUT2D eigenvalue weighted by Crippen LogP contribution is -2.24. The number of amides is 1. The van der Waals surface area contributed by atoms with Crippen LogP contribution in [-0.2, 0) is 4.79 Å². The molecule has 3 rings (SSSR count). The number of benzene rings is 2. The molecule has 6 heteroatoms. The number of hydrogen-bond donors (Lipinski definition) is 1. The van der Waals surface area contributed by atoms with Crippen molar-refractivity contribution in [2.24, 2.45) is 4.99 Å². The second-order valence-electron chi connectivity index (χ2n) is 4.84. The zero-order valence-electron chi connectivity index (χ0n) is 12.1. The first-order valence-corrected chi connectivity index (χ1v) is 7.16. The second-order valence-corrected chi connectivity index (χ2v) is 5.27. The Bertz CT molecular complexity index is 829. The van der Waals surface area contributed by atoms with Gasteiger partial charge in [0.2, 0.25) is 0 Å². The molecule has 0 aliphatic carbocycles. The topological polar surface area (TPSA) is 50.7 Å². The van der Waals surface area contributed by atoms with Crippen molar-refractivity contribution >= 4 is 29.4 Å². The minimum absolute atomic E-state index is 0.179. The predicted molar refractivity (Wildman–Crippen MR) is 87.1 cm³/mol. The van der Waals surface area contributed by atoms with E-state index in [1.54, 1.807) is 24.3 Å². The van der Waals surface area contributed by atoms with Gasteiger partial charge >= 0.3 is 0 Å². The van der Waals surface area contributed by atoms with E-state index in [0.29, 0.717) is 22.2 Å². The maximum atomic E-state index is 13.4. The lowest BCUT2D eigenvalue weighted by Gasteiger charge is -2.04. The number of ether oxygens (including phenoxy) is 1. The molecule has 1 heterocycles. The van der Waals surface area contributed by atoms with Gasteiger partial charge in [-0.05, 0) is 48.5 Å². The van der Waals surface area contributed by atoms with Gasteiger partial charge in [-0.2, -0.15) is 0 Å². The van der Waals surface area contributed by atoms with Gasteiger partial charge in [0.25, 0.3) is 5.91 Å². The molecule has 0 radical (unpaired) electrons. The molecular weight excluding hydrogens is 319 g/mol. The number of carbonyl (C=O) groups excluding carboxylic acids is 1. The van der Waals surface area contributed by atoms with E-state index in [0.717, 1.165) is 5.56 Å². The van der Waals surface area contributed by atoms with Gasteiger partial charge in [0.15, 0.2) is 0 Å². The highest BCUT2D eigenvalue weighted by Crippen LogP contribution is 2.24. The molecule has 0 atom stereocenters. The lowest BCUT2D eigenvalue weighted by molar-refractivity contribution is -0.115. The summed E-state index contributed by atoms with van der Waals surface area (Å²) < 4.78 is 18.6. The summed E-state index contributed by atoms with van der Waals surface area (Å²) in [5, 5.41) is 3.27. The van der Waals surface area contributed by atoms with Crippen LogP contribution < -0.4 is 10.1 Å². The maximum absolute atomic E-state index is 13.4. The van der Waals surface area contributed by atoms with Crippen LogP contribution in [0.4, 0.5) is 4.39 Å². The Morgan fingerprint density at radius 2 is 1.96 bits per heavy atom. The highest BCUT2D eigenvalue weighted by molar-refractivity contribution is 6.30. The first kappa shape index (κ1) is 15.2. The number of rotatable bonds is 3. The summed E-state index contributed by atoms with van der Waals surface area (Å²) in [7, 11) is 1.48. The van der Waals surface area contributed by atoms with E-state index in [1.165, 1.54) is 31.4 Å².